The molecular formula is C8H15NO4. The fourth-order valence-electron chi connectivity index (χ4n) is 0.824. The maximum atomic E-state index is 11.1. The van der Waals surface area contributed by atoms with Crippen molar-refractivity contribution in [1.82, 2.24) is 5.32 Å². The zero-order chi connectivity index (χ0) is 10.3. The lowest BCUT2D eigenvalue weighted by molar-refractivity contribution is -0.137. The predicted molar refractivity (Wildman–Crippen MR) is 46.1 cm³/mol. The van der Waals surface area contributed by atoms with Crippen LogP contribution in [0.25, 0.3) is 0 Å². The number of hydrogen-bond donors (Lipinski definition) is 3. The van der Waals surface area contributed by atoms with E-state index >= 15 is 0 Å². The standard InChI is InChI=1S/C8H15NO4/c1-6(2-3-7(11)12)8(13)9-4-5-10/h6,10H,2-5H2,1H3,(H,9,13)(H,11,12). The maximum absolute atomic E-state index is 11.1. The molecule has 0 rings (SSSR count). The van der Waals surface area contributed by atoms with E-state index in [1.165, 1.54) is 0 Å². The molecule has 0 aromatic rings. The van der Waals surface area contributed by atoms with Crippen molar-refractivity contribution >= 4 is 11.9 Å². The van der Waals surface area contributed by atoms with Crippen LogP contribution >= 0.6 is 0 Å². The Morgan fingerprint density at radius 3 is 2.54 bits per heavy atom. The van der Waals surface area contributed by atoms with Gasteiger partial charge in [-0.2, -0.15) is 0 Å². The summed E-state index contributed by atoms with van der Waals surface area (Å²) in [7, 11) is 0. The maximum Gasteiger partial charge on any atom is 0.303 e. The molecule has 0 bridgehead atoms. The average Bonchev–Trinajstić information content (AvgIpc) is 2.10. The second kappa shape index (κ2) is 6.42. The number of aliphatic carboxylic acids is 1. The molecule has 0 aromatic carbocycles. The Morgan fingerprint density at radius 2 is 2.08 bits per heavy atom. The number of aliphatic hydroxyl groups is 1. The quantitative estimate of drug-likeness (QED) is 0.530. The molecule has 0 fully saturated rings. The molecule has 0 heterocycles. The van der Waals surface area contributed by atoms with E-state index in [9.17, 15) is 9.59 Å². The molecule has 0 spiro atoms. The Morgan fingerprint density at radius 1 is 1.46 bits per heavy atom. The van der Waals surface area contributed by atoms with Crippen molar-refractivity contribution in [3.8, 4) is 0 Å². The van der Waals surface area contributed by atoms with Crippen molar-refractivity contribution in [2.45, 2.75) is 19.8 Å². The lowest BCUT2D eigenvalue weighted by Gasteiger charge is -2.09. The first-order valence-corrected chi connectivity index (χ1v) is 4.18. The Labute approximate surface area is 76.8 Å². The van der Waals surface area contributed by atoms with Crippen molar-refractivity contribution in [3.05, 3.63) is 0 Å². The van der Waals surface area contributed by atoms with E-state index in [2.05, 4.69) is 5.32 Å². The Bertz CT molecular complexity index is 181. The number of carboxylic acids is 1. The normalized spacial score (nSPS) is 12.2. The Balaban J connectivity index is 3.62. The molecule has 0 aliphatic carbocycles. The molecule has 0 saturated heterocycles. The van der Waals surface area contributed by atoms with Gasteiger partial charge in [-0.1, -0.05) is 6.92 Å². The van der Waals surface area contributed by atoms with Gasteiger partial charge in [0.25, 0.3) is 0 Å². The largest absolute Gasteiger partial charge is 0.481 e. The van der Waals surface area contributed by atoms with Crippen molar-refractivity contribution < 1.29 is 19.8 Å². The van der Waals surface area contributed by atoms with E-state index in [0.717, 1.165) is 0 Å². The van der Waals surface area contributed by atoms with Gasteiger partial charge in [0.15, 0.2) is 0 Å². The van der Waals surface area contributed by atoms with Gasteiger partial charge in [0.2, 0.25) is 5.91 Å². The summed E-state index contributed by atoms with van der Waals surface area (Å²) in [4.78, 5) is 21.3. The number of carbonyl (C=O) groups excluding carboxylic acids is 1. The van der Waals surface area contributed by atoms with E-state index < -0.39 is 5.97 Å². The van der Waals surface area contributed by atoms with Gasteiger partial charge in [-0.3, -0.25) is 9.59 Å². The highest BCUT2D eigenvalue weighted by Gasteiger charge is 2.13. The van der Waals surface area contributed by atoms with Crippen LogP contribution < -0.4 is 5.32 Å². The minimum atomic E-state index is -0.901. The second-order valence-electron chi connectivity index (χ2n) is 2.85. The van der Waals surface area contributed by atoms with Crippen LogP contribution in [0.4, 0.5) is 0 Å². The summed E-state index contributed by atoms with van der Waals surface area (Å²) in [6, 6.07) is 0. The van der Waals surface area contributed by atoms with Crippen molar-refractivity contribution in [2.24, 2.45) is 5.92 Å². The van der Waals surface area contributed by atoms with Crippen molar-refractivity contribution in [2.75, 3.05) is 13.2 Å². The van der Waals surface area contributed by atoms with Gasteiger partial charge in [-0.05, 0) is 6.42 Å². The smallest absolute Gasteiger partial charge is 0.303 e. The van der Waals surface area contributed by atoms with Crippen molar-refractivity contribution in [3.63, 3.8) is 0 Å². The van der Waals surface area contributed by atoms with Crippen LogP contribution in [0.5, 0.6) is 0 Å². The summed E-state index contributed by atoms with van der Waals surface area (Å²) in [5.41, 5.74) is 0. The van der Waals surface area contributed by atoms with Gasteiger partial charge in [-0.15, -0.1) is 0 Å². The number of hydrogen-bond acceptors (Lipinski definition) is 3. The highest BCUT2D eigenvalue weighted by Crippen LogP contribution is 2.04. The van der Waals surface area contributed by atoms with Gasteiger partial charge in [0, 0.05) is 18.9 Å². The molecule has 3 N–H and O–H groups in total. The van der Waals surface area contributed by atoms with Crippen LogP contribution in [0.3, 0.4) is 0 Å². The third kappa shape index (κ3) is 6.10. The summed E-state index contributed by atoms with van der Waals surface area (Å²) in [6.45, 7) is 1.78. The molecule has 0 aliphatic rings. The summed E-state index contributed by atoms with van der Waals surface area (Å²) < 4.78 is 0. The Kier molecular flexibility index (Phi) is 5.88. The predicted octanol–water partition coefficient (Wildman–Crippen LogP) is -0.404. The fraction of sp³-hybridized carbons (Fsp3) is 0.750. The molecule has 0 aromatic heterocycles. The van der Waals surface area contributed by atoms with E-state index in [-0.39, 0.29) is 31.4 Å². The van der Waals surface area contributed by atoms with Gasteiger partial charge < -0.3 is 15.5 Å². The summed E-state index contributed by atoms with van der Waals surface area (Å²) in [6.07, 6.45) is 0.320. The van der Waals surface area contributed by atoms with Crippen LogP contribution in [0.2, 0.25) is 0 Å². The number of carbonyl (C=O) groups is 2. The van der Waals surface area contributed by atoms with Crippen LogP contribution in [-0.2, 0) is 9.59 Å². The van der Waals surface area contributed by atoms with E-state index in [4.69, 9.17) is 10.2 Å². The van der Waals surface area contributed by atoms with Gasteiger partial charge in [0.1, 0.15) is 0 Å². The van der Waals surface area contributed by atoms with E-state index in [1.807, 2.05) is 0 Å². The lowest BCUT2D eigenvalue weighted by atomic mass is 10.1. The highest BCUT2D eigenvalue weighted by molar-refractivity contribution is 5.78. The summed E-state index contributed by atoms with van der Waals surface area (Å²) in [5.74, 6) is -1.43. The molecule has 0 radical (unpaired) electrons. The van der Waals surface area contributed by atoms with E-state index in [1.54, 1.807) is 6.92 Å². The Hall–Kier alpha value is -1.10. The number of amides is 1. The SMILES string of the molecule is CC(CCC(=O)O)C(=O)NCCO. The number of carboxylic acid groups (broad SMARTS) is 1. The molecule has 1 unspecified atom stereocenters. The van der Waals surface area contributed by atoms with Gasteiger partial charge in [-0.25, -0.2) is 0 Å². The van der Waals surface area contributed by atoms with Gasteiger partial charge in [0.05, 0.1) is 6.61 Å². The van der Waals surface area contributed by atoms with Crippen LogP contribution in [-0.4, -0.2) is 35.2 Å². The number of nitrogens with one attached hydrogen (secondary N) is 1. The summed E-state index contributed by atoms with van der Waals surface area (Å²) in [5, 5.41) is 19.2. The van der Waals surface area contributed by atoms with Crippen molar-refractivity contribution in [1.29, 1.82) is 0 Å². The first kappa shape index (κ1) is 11.9. The monoisotopic (exact) mass is 189 g/mol. The molecular weight excluding hydrogens is 174 g/mol. The summed E-state index contributed by atoms with van der Waals surface area (Å²) >= 11 is 0. The molecule has 0 aliphatic heterocycles. The molecule has 1 atom stereocenters. The molecule has 1 amide bonds. The van der Waals surface area contributed by atoms with Gasteiger partial charge >= 0.3 is 5.97 Å². The third-order valence-corrected chi connectivity index (χ3v) is 1.65. The third-order valence-electron chi connectivity index (χ3n) is 1.65. The highest BCUT2D eigenvalue weighted by atomic mass is 16.4. The van der Waals surface area contributed by atoms with Crippen LogP contribution in [0.15, 0.2) is 0 Å². The number of aliphatic hydroxyl groups excluding tert-OH is 1. The number of rotatable bonds is 6. The average molecular weight is 189 g/mol. The lowest BCUT2D eigenvalue weighted by Crippen LogP contribution is -2.31. The van der Waals surface area contributed by atoms with Crippen LogP contribution in [0, 0.1) is 5.92 Å². The minimum Gasteiger partial charge on any atom is -0.481 e. The first-order chi connectivity index (χ1) is 6.07. The molecule has 5 heteroatoms. The second-order valence-corrected chi connectivity index (χ2v) is 2.85. The molecule has 76 valence electrons. The zero-order valence-corrected chi connectivity index (χ0v) is 7.62. The first-order valence-electron chi connectivity index (χ1n) is 4.18. The fourth-order valence-corrected chi connectivity index (χ4v) is 0.824. The van der Waals surface area contributed by atoms with E-state index in [0.29, 0.717) is 6.42 Å². The zero-order valence-electron chi connectivity index (χ0n) is 7.62. The topological polar surface area (TPSA) is 86.6 Å². The minimum absolute atomic E-state index is 0.00624. The molecule has 5 nitrogen and oxygen atoms in total. The van der Waals surface area contributed by atoms with Crippen LogP contribution in [0.1, 0.15) is 19.8 Å². The molecule has 13 heavy (non-hydrogen) atoms. The molecule has 0 saturated carbocycles.